The number of benzene rings is 1. The summed E-state index contributed by atoms with van der Waals surface area (Å²) < 4.78 is 1.19. The predicted octanol–water partition coefficient (Wildman–Crippen LogP) is 2.87. The molecule has 0 saturated carbocycles. The summed E-state index contributed by atoms with van der Waals surface area (Å²) >= 11 is 3.51. The van der Waals surface area contributed by atoms with Crippen molar-refractivity contribution in [3.63, 3.8) is 0 Å². The number of nitrogens with one attached hydrogen (secondary N) is 1. The second kappa shape index (κ2) is 4.63. The number of hydrogen-bond donors (Lipinski definition) is 1. The van der Waals surface area contributed by atoms with Gasteiger partial charge in [0.25, 0.3) is 0 Å². The van der Waals surface area contributed by atoms with E-state index in [-0.39, 0.29) is 0 Å². The van der Waals surface area contributed by atoms with Gasteiger partial charge in [-0.05, 0) is 30.7 Å². The molecule has 12 heavy (non-hydrogen) atoms. The minimum atomic E-state index is 0.960. The molecule has 1 rings (SSSR count). The Morgan fingerprint density at radius 2 is 2.17 bits per heavy atom. The molecule has 0 spiro atoms. The van der Waals surface area contributed by atoms with Crippen molar-refractivity contribution in [2.75, 3.05) is 6.54 Å². The van der Waals surface area contributed by atoms with Crippen molar-refractivity contribution in [3.8, 4) is 0 Å². The van der Waals surface area contributed by atoms with Crippen molar-refractivity contribution in [2.45, 2.75) is 20.4 Å². The van der Waals surface area contributed by atoms with Gasteiger partial charge in [0.15, 0.2) is 0 Å². The standard InChI is InChI=1S/C10H14BrN/c1-3-12-7-9-5-4-6-10(11)8(9)2/h4-6,12H,3,7H2,1-2H3. The summed E-state index contributed by atoms with van der Waals surface area (Å²) in [4.78, 5) is 0. The largest absolute Gasteiger partial charge is 0.313 e. The van der Waals surface area contributed by atoms with Crippen LogP contribution in [0.3, 0.4) is 0 Å². The van der Waals surface area contributed by atoms with E-state index in [0.717, 1.165) is 13.1 Å². The lowest BCUT2D eigenvalue weighted by atomic mass is 10.1. The highest BCUT2D eigenvalue weighted by atomic mass is 79.9. The van der Waals surface area contributed by atoms with E-state index in [2.05, 4.69) is 53.3 Å². The first-order chi connectivity index (χ1) is 5.75. The zero-order valence-electron chi connectivity index (χ0n) is 7.52. The Hall–Kier alpha value is -0.340. The topological polar surface area (TPSA) is 12.0 Å². The molecule has 1 nitrogen and oxygen atoms in total. The van der Waals surface area contributed by atoms with E-state index < -0.39 is 0 Å². The van der Waals surface area contributed by atoms with Gasteiger partial charge in [-0.1, -0.05) is 35.0 Å². The smallest absolute Gasteiger partial charge is 0.0208 e. The molecule has 1 N–H and O–H groups in total. The summed E-state index contributed by atoms with van der Waals surface area (Å²) in [7, 11) is 0. The van der Waals surface area contributed by atoms with Crippen LogP contribution in [0.4, 0.5) is 0 Å². The van der Waals surface area contributed by atoms with Crippen molar-refractivity contribution in [3.05, 3.63) is 33.8 Å². The third-order valence-electron chi connectivity index (χ3n) is 1.95. The van der Waals surface area contributed by atoms with Gasteiger partial charge in [-0.2, -0.15) is 0 Å². The molecule has 0 heterocycles. The Bertz CT molecular complexity index is 258. The van der Waals surface area contributed by atoms with Gasteiger partial charge < -0.3 is 5.32 Å². The summed E-state index contributed by atoms with van der Waals surface area (Å²) in [5.74, 6) is 0. The van der Waals surface area contributed by atoms with E-state index in [0.29, 0.717) is 0 Å². The van der Waals surface area contributed by atoms with Crippen LogP contribution in [-0.2, 0) is 6.54 Å². The lowest BCUT2D eigenvalue weighted by molar-refractivity contribution is 0.723. The highest BCUT2D eigenvalue weighted by Crippen LogP contribution is 2.18. The van der Waals surface area contributed by atoms with E-state index in [4.69, 9.17) is 0 Å². The first-order valence-corrected chi connectivity index (χ1v) is 4.99. The van der Waals surface area contributed by atoms with Gasteiger partial charge in [-0.3, -0.25) is 0 Å². The number of halogens is 1. The van der Waals surface area contributed by atoms with E-state index in [9.17, 15) is 0 Å². The fourth-order valence-corrected chi connectivity index (χ4v) is 1.51. The highest BCUT2D eigenvalue weighted by molar-refractivity contribution is 9.10. The number of rotatable bonds is 3. The maximum atomic E-state index is 3.51. The lowest BCUT2D eigenvalue weighted by Crippen LogP contribution is -2.12. The zero-order valence-corrected chi connectivity index (χ0v) is 9.11. The van der Waals surface area contributed by atoms with Crippen molar-refractivity contribution in [1.29, 1.82) is 0 Å². The molecule has 1 aromatic carbocycles. The molecule has 0 aliphatic carbocycles. The minimum absolute atomic E-state index is 0.960. The van der Waals surface area contributed by atoms with E-state index >= 15 is 0 Å². The molecule has 0 unspecified atom stereocenters. The molecule has 0 bridgehead atoms. The normalized spacial score (nSPS) is 10.2. The van der Waals surface area contributed by atoms with Crippen LogP contribution in [0.15, 0.2) is 22.7 Å². The molecular formula is C10H14BrN. The Labute approximate surface area is 82.3 Å². The van der Waals surface area contributed by atoms with Crippen molar-refractivity contribution in [2.24, 2.45) is 0 Å². The fourth-order valence-electron chi connectivity index (χ4n) is 1.10. The van der Waals surface area contributed by atoms with E-state index in [1.54, 1.807) is 0 Å². The molecule has 0 radical (unpaired) electrons. The van der Waals surface area contributed by atoms with E-state index in [1.807, 2.05) is 0 Å². The summed E-state index contributed by atoms with van der Waals surface area (Å²) in [6, 6.07) is 6.30. The van der Waals surface area contributed by atoms with Crippen molar-refractivity contribution in [1.82, 2.24) is 5.32 Å². The highest BCUT2D eigenvalue weighted by Gasteiger charge is 1.99. The minimum Gasteiger partial charge on any atom is -0.313 e. The average molecular weight is 228 g/mol. The first kappa shape index (κ1) is 9.75. The summed E-state index contributed by atoms with van der Waals surface area (Å²) in [5, 5.41) is 3.31. The maximum absolute atomic E-state index is 3.51. The third-order valence-corrected chi connectivity index (χ3v) is 2.80. The summed E-state index contributed by atoms with van der Waals surface area (Å²) in [5.41, 5.74) is 2.70. The van der Waals surface area contributed by atoms with Crippen molar-refractivity contribution >= 4 is 15.9 Å². The van der Waals surface area contributed by atoms with Gasteiger partial charge in [0, 0.05) is 11.0 Å². The van der Waals surface area contributed by atoms with Crippen LogP contribution < -0.4 is 5.32 Å². The van der Waals surface area contributed by atoms with Gasteiger partial charge in [0.1, 0.15) is 0 Å². The van der Waals surface area contributed by atoms with Gasteiger partial charge in [-0.15, -0.1) is 0 Å². The molecule has 0 fully saturated rings. The van der Waals surface area contributed by atoms with Crippen LogP contribution in [0.25, 0.3) is 0 Å². The van der Waals surface area contributed by atoms with Crippen LogP contribution in [0.2, 0.25) is 0 Å². The molecule has 66 valence electrons. The molecule has 0 aliphatic heterocycles. The molecule has 1 aromatic rings. The molecule has 0 aromatic heterocycles. The average Bonchev–Trinajstić information content (AvgIpc) is 2.08. The fraction of sp³-hybridized carbons (Fsp3) is 0.400. The lowest BCUT2D eigenvalue weighted by Gasteiger charge is -2.07. The second-order valence-corrected chi connectivity index (χ2v) is 3.66. The summed E-state index contributed by atoms with van der Waals surface area (Å²) in [6.45, 7) is 6.23. The SMILES string of the molecule is CCNCc1cccc(Br)c1C. The molecule has 0 saturated heterocycles. The quantitative estimate of drug-likeness (QED) is 0.838. The second-order valence-electron chi connectivity index (χ2n) is 2.80. The van der Waals surface area contributed by atoms with Crippen LogP contribution in [0, 0.1) is 6.92 Å². The van der Waals surface area contributed by atoms with Crippen LogP contribution >= 0.6 is 15.9 Å². The molecule has 0 atom stereocenters. The Morgan fingerprint density at radius 3 is 2.83 bits per heavy atom. The third kappa shape index (κ3) is 2.32. The van der Waals surface area contributed by atoms with Gasteiger partial charge >= 0.3 is 0 Å². The first-order valence-electron chi connectivity index (χ1n) is 4.20. The maximum Gasteiger partial charge on any atom is 0.0208 e. The Balaban J connectivity index is 2.78. The monoisotopic (exact) mass is 227 g/mol. The van der Waals surface area contributed by atoms with Crippen LogP contribution in [0.1, 0.15) is 18.1 Å². The Kier molecular flexibility index (Phi) is 3.76. The zero-order chi connectivity index (χ0) is 8.97. The van der Waals surface area contributed by atoms with E-state index in [1.165, 1.54) is 15.6 Å². The van der Waals surface area contributed by atoms with Crippen LogP contribution in [0.5, 0.6) is 0 Å². The Morgan fingerprint density at radius 1 is 1.42 bits per heavy atom. The van der Waals surface area contributed by atoms with Gasteiger partial charge in [0.2, 0.25) is 0 Å². The summed E-state index contributed by atoms with van der Waals surface area (Å²) in [6.07, 6.45) is 0. The predicted molar refractivity (Wildman–Crippen MR) is 56.3 cm³/mol. The molecule has 2 heteroatoms. The van der Waals surface area contributed by atoms with Gasteiger partial charge in [0.05, 0.1) is 0 Å². The molecule has 0 aliphatic rings. The molecular weight excluding hydrogens is 214 g/mol. The number of hydrogen-bond acceptors (Lipinski definition) is 1. The van der Waals surface area contributed by atoms with Crippen LogP contribution in [-0.4, -0.2) is 6.54 Å². The molecule has 0 amide bonds. The van der Waals surface area contributed by atoms with Gasteiger partial charge in [-0.25, -0.2) is 0 Å². The van der Waals surface area contributed by atoms with Crippen molar-refractivity contribution < 1.29 is 0 Å².